The van der Waals surface area contributed by atoms with Gasteiger partial charge in [0.25, 0.3) is 0 Å². The number of rotatable bonds is 1. The number of aliphatic hydroxyl groups is 1. The third-order valence-corrected chi connectivity index (χ3v) is 0.988. The van der Waals surface area contributed by atoms with E-state index in [9.17, 15) is 0 Å². The second-order valence-corrected chi connectivity index (χ2v) is 1.68. The molecule has 1 aromatic heterocycles. The van der Waals surface area contributed by atoms with Crippen molar-refractivity contribution in [1.29, 1.82) is 5.26 Å². The van der Waals surface area contributed by atoms with Crippen LogP contribution in [0.4, 0.5) is 0 Å². The molecule has 50 valence electrons. The maximum Gasteiger partial charge on any atom is 0.232 e. The predicted octanol–water partition coefficient (Wildman–Crippen LogP) is -0.159. The van der Waals surface area contributed by atoms with Gasteiger partial charge in [-0.1, -0.05) is 0 Å². The molecule has 1 heterocycles. The first-order valence-corrected chi connectivity index (χ1v) is 2.68. The molecule has 4 nitrogen and oxygen atoms in total. The highest BCUT2D eigenvalue weighted by Gasteiger charge is 1.92. The van der Waals surface area contributed by atoms with Gasteiger partial charge in [-0.3, -0.25) is 0 Å². The van der Waals surface area contributed by atoms with Crippen molar-refractivity contribution in [1.82, 2.24) is 9.97 Å². The van der Waals surface area contributed by atoms with Crippen LogP contribution in [0.3, 0.4) is 0 Å². The Morgan fingerprint density at radius 3 is 2.50 bits per heavy atom. The Kier molecular flexibility index (Phi) is 1.92. The third-order valence-electron chi connectivity index (χ3n) is 0.988. The monoisotopic (exact) mass is 135 g/mol. The molecule has 0 aliphatic rings. The van der Waals surface area contributed by atoms with E-state index in [4.69, 9.17) is 10.4 Å². The first-order valence-electron chi connectivity index (χ1n) is 2.68. The van der Waals surface area contributed by atoms with Gasteiger partial charge in [0.2, 0.25) is 5.82 Å². The van der Waals surface area contributed by atoms with Gasteiger partial charge in [0.15, 0.2) is 0 Å². The molecule has 0 aliphatic carbocycles. The van der Waals surface area contributed by atoms with Crippen LogP contribution in [0, 0.1) is 11.3 Å². The molecule has 1 N–H and O–H groups in total. The van der Waals surface area contributed by atoms with Crippen molar-refractivity contribution < 1.29 is 5.11 Å². The molecule has 0 fully saturated rings. The molecule has 0 atom stereocenters. The van der Waals surface area contributed by atoms with E-state index < -0.39 is 0 Å². The summed E-state index contributed by atoms with van der Waals surface area (Å²) >= 11 is 0. The van der Waals surface area contributed by atoms with Gasteiger partial charge in [-0.05, 0) is 0 Å². The van der Waals surface area contributed by atoms with E-state index in [1.807, 2.05) is 0 Å². The highest BCUT2D eigenvalue weighted by molar-refractivity contribution is 5.12. The lowest BCUT2D eigenvalue weighted by molar-refractivity contribution is 0.281. The number of aromatic nitrogens is 2. The average molecular weight is 135 g/mol. The minimum absolute atomic E-state index is 0.0916. The summed E-state index contributed by atoms with van der Waals surface area (Å²) in [6, 6.07) is 1.77. The van der Waals surface area contributed by atoms with Crippen molar-refractivity contribution in [3.05, 3.63) is 23.8 Å². The minimum Gasteiger partial charge on any atom is -0.392 e. The second kappa shape index (κ2) is 2.90. The van der Waals surface area contributed by atoms with E-state index in [2.05, 4.69) is 9.97 Å². The maximum absolute atomic E-state index is 8.54. The van der Waals surface area contributed by atoms with E-state index in [-0.39, 0.29) is 12.4 Å². The Hall–Kier alpha value is -1.47. The Morgan fingerprint density at radius 2 is 2.10 bits per heavy atom. The maximum atomic E-state index is 8.54. The van der Waals surface area contributed by atoms with E-state index in [0.717, 1.165) is 0 Å². The normalized spacial score (nSPS) is 8.80. The fourth-order valence-corrected chi connectivity index (χ4v) is 0.494. The molecular formula is C6H5N3O. The van der Waals surface area contributed by atoms with Crippen LogP contribution in [0.2, 0.25) is 0 Å². The van der Waals surface area contributed by atoms with E-state index in [0.29, 0.717) is 5.56 Å². The van der Waals surface area contributed by atoms with Crippen LogP contribution in [0.5, 0.6) is 0 Å². The van der Waals surface area contributed by atoms with Gasteiger partial charge >= 0.3 is 0 Å². The molecule has 0 aliphatic heterocycles. The summed E-state index contributed by atoms with van der Waals surface area (Å²) in [6.07, 6.45) is 2.84. The molecule has 10 heavy (non-hydrogen) atoms. The fourth-order valence-electron chi connectivity index (χ4n) is 0.494. The predicted molar refractivity (Wildman–Crippen MR) is 32.7 cm³/mol. The summed E-state index contributed by atoms with van der Waals surface area (Å²) in [7, 11) is 0. The van der Waals surface area contributed by atoms with Crippen molar-refractivity contribution in [2.45, 2.75) is 6.61 Å². The van der Waals surface area contributed by atoms with Gasteiger partial charge in [0.1, 0.15) is 6.07 Å². The molecule has 0 aromatic carbocycles. The van der Waals surface area contributed by atoms with Crippen molar-refractivity contribution in [2.24, 2.45) is 0 Å². The van der Waals surface area contributed by atoms with Crippen LogP contribution >= 0.6 is 0 Å². The lowest BCUT2D eigenvalue weighted by atomic mass is 10.4. The summed E-state index contributed by atoms with van der Waals surface area (Å²) in [5.41, 5.74) is 0.610. The van der Waals surface area contributed by atoms with Crippen molar-refractivity contribution in [3.63, 3.8) is 0 Å². The highest BCUT2D eigenvalue weighted by Crippen LogP contribution is 1.93. The SMILES string of the molecule is N#Cc1ncc(CO)cn1. The molecule has 0 unspecified atom stereocenters. The molecule has 4 heteroatoms. The molecule has 0 spiro atoms. The van der Waals surface area contributed by atoms with Gasteiger partial charge in [-0.2, -0.15) is 5.26 Å². The average Bonchev–Trinajstić information content (AvgIpc) is 2.05. The first kappa shape index (κ1) is 6.65. The summed E-state index contributed by atoms with van der Waals surface area (Å²) in [5, 5.41) is 16.8. The highest BCUT2D eigenvalue weighted by atomic mass is 16.3. The summed E-state index contributed by atoms with van der Waals surface area (Å²) in [6.45, 7) is -0.0916. The van der Waals surface area contributed by atoms with Crippen LogP contribution in [-0.4, -0.2) is 15.1 Å². The van der Waals surface area contributed by atoms with Crippen LogP contribution in [0.15, 0.2) is 12.4 Å². The smallest absolute Gasteiger partial charge is 0.232 e. The molecule has 1 rings (SSSR count). The number of nitrogens with zero attached hydrogens (tertiary/aromatic N) is 3. The standard InChI is InChI=1S/C6H5N3O/c7-1-6-8-2-5(4-10)3-9-6/h2-3,10H,4H2. The molecule has 0 radical (unpaired) electrons. The molecule has 0 bridgehead atoms. The van der Waals surface area contributed by atoms with Crippen molar-refractivity contribution >= 4 is 0 Å². The third kappa shape index (κ3) is 1.27. The molecule has 1 aromatic rings. The lowest BCUT2D eigenvalue weighted by Gasteiger charge is -1.90. The second-order valence-electron chi connectivity index (χ2n) is 1.68. The van der Waals surface area contributed by atoms with Crippen LogP contribution in [-0.2, 0) is 6.61 Å². The molecule has 0 saturated carbocycles. The minimum atomic E-state index is -0.0916. The van der Waals surface area contributed by atoms with Crippen LogP contribution < -0.4 is 0 Å². The van der Waals surface area contributed by atoms with E-state index >= 15 is 0 Å². The first-order chi connectivity index (χ1) is 4.86. The van der Waals surface area contributed by atoms with Gasteiger partial charge in [-0.25, -0.2) is 9.97 Å². The molecular weight excluding hydrogens is 130 g/mol. The molecule has 0 saturated heterocycles. The van der Waals surface area contributed by atoms with Crippen molar-refractivity contribution in [3.8, 4) is 6.07 Å². The Morgan fingerprint density at radius 1 is 1.50 bits per heavy atom. The summed E-state index contributed by atoms with van der Waals surface area (Å²) in [5.74, 6) is 0.122. The topological polar surface area (TPSA) is 69.8 Å². The Bertz CT molecular complexity index is 249. The van der Waals surface area contributed by atoms with Crippen LogP contribution in [0.25, 0.3) is 0 Å². The van der Waals surface area contributed by atoms with E-state index in [1.165, 1.54) is 12.4 Å². The largest absolute Gasteiger partial charge is 0.392 e. The molecule has 0 amide bonds. The van der Waals surface area contributed by atoms with Gasteiger partial charge < -0.3 is 5.11 Å². The number of hydrogen-bond acceptors (Lipinski definition) is 4. The number of aliphatic hydroxyl groups excluding tert-OH is 1. The van der Waals surface area contributed by atoms with Crippen LogP contribution in [0.1, 0.15) is 11.4 Å². The Labute approximate surface area is 57.8 Å². The quantitative estimate of drug-likeness (QED) is 0.580. The van der Waals surface area contributed by atoms with Crippen molar-refractivity contribution in [2.75, 3.05) is 0 Å². The van der Waals surface area contributed by atoms with E-state index in [1.54, 1.807) is 6.07 Å². The fraction of sp³-hybridized carbons (Fsp3) is 0.167. The lowest BCUT2D eigenvalue weighted by Crippen LogP contribution is -1.91. The Balaban J connectivity index is 2.93. The zero-order valence-electron chi connectivity index (χ0n) is 5.15. The summed E-state index contributed by atoms with van der Waals surface area (Å²) < 4.78 is 0. The summed E-state index contributed by atoms with van der Waals surface area (Å²) in [4.78, 5) is 7.27. The van der Waals surface area contributed by atoms with Gasteiger partial charge in [-0.15, -0.1) is 0 Å². The number of nitriles is 1. The van der Waals surface area contributed by atoms with Gasteiger partial charge in [0, 0.05) is 18.0 Å². The zero-order valence-corrected chi connectivity index (χ0v) is 5.15. The number of hydrogen-bond donors (Lipinski definition) is 1. The zero-order chi connectivity index (χ0) is 7.40. The van der Waals surface area contributed by atoms with Gasteiger partial charge in [0.05, 0.1) is 6.61 Å².